The zero-order valence-electron chi connectivity index (χ0n) is 24.6. The average molecular weight is 732 g/mol. The molecule has 0 aliphatic rings. The molecular formula is C36H32N4OPt. The van der Waals surface area contributed by atoms with Crippen molar-refractivity contribution in [3.63, 3.8) is 0 Å². The Labute approximate surface area is 261 Å². The summed E-state index contributed by atoms with van der Waals surface area (Å²) >= 11 is 0. The number of aromatic nitrogens is 4. The van der Waals surface area contributed by atoms with Crippen molar-refractivity contribution >= 4 is 21.5 Å². The van der Waals surface area contributed by atoms with Gasteiger partial charge in [0.15, 0.2) is 0 Å². The minimum atomic E-state index is -0.00387. The SMILES string of the molecule is CC(C)(C)c1ccnc(-c2[c-]c(Oc3[c-]c(-c4cc(C(C)(C)C)ccn4)cc4cnccc34)c3ccncc3c2)c1.[Pt+2]. The quantitative estimate of drug-likeness (QED) is 0.170. The van der Waals surface area contributed by atoms with Crippen LogP contribution in [-0.2, 0) is 31.9 Å². The summed E-state index contributed by atoms with van der Waals surface area (Å²) in [4.78, 5) is 18.1. The maximum Gasteiger partial charge on any atom is 2.00 e. The van der Waals surface area contributed by atoms with Gasteiger partial charge in [0, 0.05) is 37.2 Å². The van der Waals surface area contributed by atoms with E-state index in [1.54, 1.807) is 12.4 Å². The van der Waals surface area contributed by atoms with Crippen molar-refractivity contribution in [2.45, 2.75) is 52.4 Å². The van der Waals surface area contributed by atoms with Crippen molar-refractivity contribution in [2.75, 3.05) is 0 Å². The molecule has 0 saturated heterocycles. The Morgan fingerprint density at radius 2 is 1.00 bits per heavy atom. The molecule has 0 unspecified atom stereocenters. The number of nitrogens with zero attached hydrogens (tertiary/aromatic N) is 4. The molecule has 0 radical (unpaired) electrons. The molecule has 0 N–H and O–H groups in total. The fourth-order valence-electron chi connectivity index (χ4n) is 4.85. The van der Waals surface area contributed by atoms with E-state index in [4.69, 9.17) is 4.74 Å². The molecule has 0 saturated carbocycles. The van der Waals surface area contributed by atoms with Crippen LogP contribution in [0.2, 0.25) is 0 Å². The molecule has 42 heavy (non-hydrogen) atoms. The molecule has 4 heterocycles. The molecule has 2 aromatic carbocycles. The van der Waals surface area contributed by atoms with Crippen LogP contribution in [-0.4, -0.2) is 19.9 Å². The number of hydrogen-bond acceptors (Lipinski definition) is 5. The van der Waals surface area contributed by atoms with Crippen LogP contribution in [0.1, 0.15) is 52.7 Å². The molecule has 0 spiro atoms. The first kappa shape index (κ1) is 29.5. The molecule has 4 aromatic heterocycles. The van der Waals surface area contributed by atoms with Gasteiger partial charge in [0.2, 0.25) is 0 Å². The van der Waals surface area contributed by atoms with Gasteiger partial charge in [-0.1, -0.05) is 99.5 Å². The smallest absolute Gasteiger partial charge is 0.495 e. The van der Waals surface area contributed by atoms with E-state index >= 15 is 0 Å². The first-order valence-electron chi connectivity index (χ1n) is 13.8. The number of pyridine rings is 4. The van der Waals surface area contributed by atoms with Crippen LogP contribution in [0.3, 0.4) is 0 Å². The van der Waals surface area contributed by atoms with Gasteiger partial charge in [-0.3, -0.25) is 9.97 Å². The Bertz CT molecular complexity index is 1770. The number of fused-ring (bicyclic) bond motifs is 2. The van der Waals surface area contributed by atoms with E-state index in [0.717, 1.165) is 44.1 Å². The van der Waals surface area contributed by atoms with Gasteiger partial charge in [-0.25, -0.2) is 0 Å². The van der Waals surface area contributed by atoms with Crippen molar-refractivity contribution in [1.29, 1.82) is 0 Å². The molecular weight excluding hydrogens is 700 g/mol. The minimum absolute atomic E-state index is 0. The van der Waals surface area contributed by atoms with E-state index in [1.165, 1.54) is 11.1 Å². The third-order valence-electron chi connectivity index (χ3n) is 7.30. The Morgan fingerprint density at radius 1 is 0.571 bits per heavy atom. The summed E-state index contributed by atoms with van der Waals surface area (Å²) in [5.74, 6) is 1.18. The summed E-state index contributed by atoms with van der Waals surface area (Å²) in [6, 6.07) is 23.4. The zero-order chi connectivity index (χ0) is 28.8. The van der Waals surface area contributed by atoms with Crippen LogP contribution in [0.5, 0.6) is 11.5 Å². The summed E-state index contributed by atoms with van der Waals surface area (Å²) in [5.41, 5.74) is 5.75. The van der Waals surface area contributed by atoms with Crippen molar-refractivity contribution in [3.8, 4) is 34.0 Å². The van der Waals surface area contributed by atoms with Gasteiger partial charge in [-0.2, -0.15) is 0 Å². The molecule has 0 aliphatic heterocycles. The normalized spacial score (nSPS) is 11.9. The third kappa shape index (κ3) is 5.98. The van der Waals surface area contributed by atoms with Gasteiger partial charge in [-0.15, -0.1) is 23.3 Å². The van der Waals surface area contributed by atoms with E-state index in [0.29, 0.717) is 11.5 Å². The van der Waals surface area contributed by atoms with Crippen LogP contribution in [0.25, 0.3) is 44.1 Å². The van der Waals surface area contributed by atoms with Crippen LogP contribution >= 0.6 is 0 Å². The number of ether oxygens (including phenoxy) is 1. The van der Waals surface area contributed by atoms with Crippen LogP contribution in [0, 0.1) is 12.1 Å². The maximum atomic E-state index is 6.70. The summed E-state index contributed by atoms with van der Waals surface area (Å²) in [5, 5.41) is 3.70. The largest absolute Gasteiger partial charge is 2.00 e. The number of rotatable bonds is 4. The van der Waals surface area contributed by atoms with E-state index in [9.17, 15) is 0 Å². The Hall–Kier alpha value is -3.95. The minimum Gasteiger partial charge on any atom is -0.495 e. The van der Waals surface area contributed by atoms with E-state index in [1.807, 2.05) is 36.9 Å². The molecule has 0 aliphatic carbocycles. The third-order valence-corrected chi connectivity index (χ3v) is 7.30. The molecule has 6 rings (SSSR count). The van der Waals surface area contributed by atoms with Gasteiger partial charge in [0.25, 0.3) is 0 Å². The van der Waals surface area contributed by atoms with Gasteiger partial charge in [0.05, 0.1) is 11.5 Å². The van der Waals surface area contributed by atoms with E-state index in [-0.39, 0.29) is 31.9 Å². The maximum absolute atomic E-state index is 6.70. The monoisotopic (exact) mass is 731 g/mol. The zero-order valence-corrected chi connectivity index (χ0v) is 26.9. The van der Waals surface area contributed by atoms with Gasteiger partial charge >= 0.3 is 21.1 Å². The summed E-state index contributed by atoms with van der Waals surface area (Å²) in [7, 11) is 0. The van der Waals surface area contributed by atoms with Crippen molar-refractivity contribution in [3.05, 3.63) is 109 Å². The van der Waals surface area contributed by atoms with Gasteiger partial charge in [0.1, 0.15) is 0 Å². The second-order valence-corrected chi connectivity index (χ2v) is 12.4. The van der Waals surface area contributed by atoms with E-state index < -0.39 is 0 Å². The van der Waals surface area contributed by atoms with Crippen LogP contribution in [0.15, 0.2) is 85.7 Å². The molecule has 5 nitrogen and oxygen atoms in total. The van der Waals surface area contributed by atoms with E-state index in [2.05, 4.69) is 110 Å². The summed E-state index contributed by atoms with van der Waals surface area (Å²) in [6.45, 7) is 13.2. The average Bonchev–Trinajstić information content (AvgIpc) is 2.96. The molecule has 0 bridgehead atoms. The predicted octanol–water partition coefficient (Wildman–Crippen LogP) is 8.89. The van der Waals surface area contributed by atoms with Crippen molar-refractivity contribution in [2.24, 2.45) is 0 Å². The molecule has 212 valence electrons. The fraction of sp³-hybridized carbons (Fsp3) is 0.222. The first-order chi connectivity index (χ1) is 19.6. The van der Waals surface area contributed by atoms with Crippen molar-refractivity contribution < 1.29 is 25.8 Å². The number of benzene rings is 2. The number of hydrogen-bond donors (Lipinski definition) is 0. The second kappa shape index (κ2) is 11.4. The van der Waals surface area contributed by atoms with Crippen LogP contribution < -0.4 is 4.74 Å². The van der Waals surface area contributed by atoms with Crippen LogP contribution in [0.4, 0.5) is 0 Å². The molecule has 6 heteroatoms. The standard InChI is InChI=1S/C36H32N4O.Pt/c1-35(2,3)27-7-13-39-31(19-27)23-15-25-21-37-11-9-29(25)33(17-23)41-34-18-24(16-26-22-38-12-10-30(26)34)32-20-28(8-14-40-32)36(4,5)6;/h7-16,19-22H,1-6H3;/q-2;+2. The topological polar surface area (TPSA) is 60.8 Å². The molecule has 0 atom stereocenters. The Kier molecular flexibility index (Phi) is 8.00. The summed E-state index contributed by atoms with van der Waals surface area (Å²) in [6.07, 6.45) is 10.9. The first-order valence-corrected chi connectivity index (χ1v) is 13.8. The van der Waals surface area contributed by atoms with Gasteiger partial charge in [-0.05, 0) is 45.5 Å². The predicted molar refractivity (Wildman–Crippen MR) is 165 cm³/mol. The Balaban J connectivity index is 0.00000353. The van der Waals surface area contributed by atoms with Crippen molar-refractivity contribution in [1.82, 2.24) is 19.9 Å². The molecule has 0 amide bonds. The second-order valence-electron chi connectivity index (χ2n) is 12.4. The molecule has 0 fully saturated rings. The Morgan fingerprint density at radius 3 is 1.40 bits per heavy atom. The van der Waals surface area contributed by atoms with Gasteiger partial charge < -0.3 is 14.7 Å². The fourth-order valence-corrected chi connectivity index (χ4v) is 4.85. The molecule has 6 aromatic rings. The summed E-state index contributed by atoms with van der Waals surface area (Å²) < 4.78 is 6.70.